The molecule has 2 saturated heterocycles. The second-order valence-corrected chi connectivity index (χ2v) is 9.20. The number of nitrogens with one attached hydrogen (secondary N) is 1. The van der Waals surface area contributed by atoms with Crippen LogP contribution in [0.1, 0.15) is 54.1 Å². The minimum Gasteiger partial charge on any atom is -0.504 e. The van der Waals surface area contributed by atoms with E-state index in [1.165, 1.54) is 30.6 Å². The van der Waals surface area contributed by atoms with Gasteiger partial charge in [0.15, 0.2) is 11.4 Å². The molecule has 2 fully saturated rings. The third-order valence-corrected chi connectivity index (χ3v) is 6.74. The standard InChI is InChI=1S/C25H33N5O4/c1-17-24(33)23(25(34)26-16-22(31)32)28-21(27-17)15-18-9-13-30(14-10-18)20-7-5-19(6-8-20)29-11-3-2-4-12-29/h5-8,18,33H,2-4,9-16H2,1H3,(H,26,34)(H,31,32). The average molecular weight is 468 g/mol. The van der Waals surface area contributed by atoms with Crippen molar-refractivity contribution in [3.05, 3.63) is 41.5 Å². The molecule has 0 radical (unpaired) electrons. The molecule has 9 nitrogen and oxygen atoms in total. The van der Waals surface area contributed by atoms with Gasteiger partial charge in [0.25, 0.3) is 5.91 Å². The predicted molar refractivity (Wildman–Crippen MR) is 130 cm³/mol. The van der Waals surface area contributed by atoms with E-state index < -0.39 is 18.4 Å². The van der Waals surface area contributed by atoms with Gasteiger partial charge in [-0.15, -0.1) is 0 Å². The lowest BCUT2D eigenvalue weighted by molar-refractivity contribution is -0.135. The molecule has 0 atom stereocenters. The molecule has 0 saturated carbocycles. The lowest BCUT2D eigenvalue weighted by Crippen LogP contribution is -2.35. The van der Waals surface area contributed by atoms with E-state index in [2.05, 4.69) is 49.4 Å². The van der Waals surface area contributed by atoms with Crippen molar-refractivity contribution in [3.8, 4) is 5.75 Å². The monoisotopic (exact) mass is 467 g/mol. The molecule has 3 heterocycles. The van der Waals surface area contributed by atoms with Crippen LogP contribution >= 0.6 is 0 Å². The maximum Gasteiger partial charge on any atom is 0.322 e. The van der Waals surface area contributed by atoms with E-state index in [0.29, 0.717) is 23.9 Å². The summed E-state index contributed by atoms with van der Waals surface area (Å²) in [6, 6.07) is 8.91. The van der Waals surface area contributed by atoms with Gasteiger partial charge in [-0.2, -0.15) is 0 Å². The maximum absolute atomic E-state index is 12.3. The second-order valence-electron chi connectivity index (χ2n) is 9.20. The molecule has 3 N–H and O–H groups in total. The Bertz CT molecular complexity index is 1010. The Morgan fingerprint density at radius 2 is 1.56 bits per heavy atom. The predicted octanol–water partition coefficient (Wildman–Crippen LogP) is 2.75. The normalized spacial score (nSPS) is 17.0. The molecule has 1 aromatic carbocycles. The molecular formula is C25H33N5O4. The van der Waals surface area contributed by atoms with Crippen LogP contribution in [0.5, 0.6) is 5.75 Å². The minimum absolute atomic E-state index is 0.171. The van der Waals surface area contributed by atoms with E-state index in [9.17, 15) is 14.7 Å². The first kappa shape index (κ1) is 23.8. The number of carboxylic acids is 1. The van der Waals surface area contributed by atoms with E-state index in [1.54, 1.807) is 6.92 Å². The van der Waals surface area contributed by atoms with Crippen LogP contribution in [0.15, 0.2) is 24.3 Å². The quantitative estimate of drug-likeness (QED) is 0.569. The molecule has 34 heavy (non-hydrogen) atoms. The topological polar surface area (TPSA) is 119 Å². The third kappa shape index (κ3) is 5.76. The van der Waals surface area contributed by atoms with Crippen LogP contribution in [-0.4, -0.2) is 64.8 Å². The fraction of sp³-hybridized carbons (Fsp3) is 0.520. The Kier molecular flexibility index (Phi) is 7.49. The number of anilines is 2. The molecule has 4 rings (SSSR count). The van der Waals surface area contributed by atoms with Crippen LogP contribution < -0.4 is 15.1 Å². The van der Waals surface area contributed by atoms with Crippen molar-refractivity contribution in [2.75, 3.05) is 42.5 Å². The molecule has 1 aromatic heterocycles. The van der Waals surface area contributed by atoms with Gasteiger partial charge in [0, 0.05) is 44.0 Å². The smallest absolute Gasteiger partial charge is 0.322 e. The zero-order chi connectivity index (χ0) is 24.1. The second kappa shape index (κ2) is 10.7. The Labute approximate surface area is 199 Å². The number of nitrogens with zero attached hydrogens (tertiary/aromatic N) is 4. The highest BCUT2D eigenvalue weighted by Crippen LogP contribution is 2.28. The van der Waals surface area contributed by atoms with Gasteiger partial charge in [-0.3, -0.25) is 9.59 Å². The van der Waals surface area contributed by atoms with E-state index in [1.807, 2.05) is 0 Å². The van der Waals surface area contributed by atoms with Crippen molar-refractivity contribution in [2.45, 2.75) is 45.4 Å². The summed E-state index contributed by atoms with van der Waals surface area (Å²) in [7, 11) is 0. The summed E-state index contributed by atoms with van der Waals surface area (Å²) in [6.07, 6.45) is 6.46. The summed E-state index contributed by atoms with van der Waals surface area (Å²) in [5.41, 5.74) is 2.70. The molecule has 0 aliphatic carbocycles. The molecule has 9 heteroatoms. The van der Waals surface area contributed by atoms with E-state index in [4.69, 9.17) is 5.11 Å². The Morgan fingerprint density at radius 1 is 0.971 bits per heavy atom. The van der Waals surface area contributed by atoms with Crippen LogP contribution in [0.25, 0.3) is 0 Å². The molecule has 2 aliphatic rings. The molecule has 2 aromatic rings. The first-order valence-electron chi connectivity index (χ1n) is 12.1. The molecule has 2 aliphatic heterocycles. The number of aromatic hydroxyl groups is 1. The summed E-state index contributed by atoms with van der Waals surface area (Å²) in [6.45, 7) is 5.26. The van der Waals surface area contributed by atoms with E-state index >= 15 is 0 Å². The third-order valence-electron chi connectivity index (χ3n) is 6.74. The number of carbonyl (C=O) groups excluding carboxylic acids is 1. The number of aliphatic carboxylic acids is 1. The van der Waals surface area contributed by atoms with Gasteiger partial charge in [-0.05, 0) is 69.2 Å². The number of piperidine rings is 2. The van der Waals surface area contributed by atoms with Crippen molar-refractivity contribution in [1.82, 2.24) is 15.3 Å². The first-order chi connectivity index (χ1) is 16.4. The highest BCUT2D eigenvalue weighted by Gasteiger charge is 2.24. The van der Waals surface area contributed by atoms with Crippen LogP contribution in [-0.2, 0) is 11.2 Å². The number of aromatic nitrogens is 2. The van der Waals surface area contributed by atoms with E-state index in [-0.39, 0.29) is 11.4 Å². The largest absolute Gasteiger partial charge is 0.504 e. The van der Waals surface area contributed by atoms with Crippen LogP contribution in [0.2, 0.25) is 0 Å². The molecule has 182 valence electrons. The fourth-order valence-corrected chi connectivity index (χ4v) is 4.79. The Balaban J connectivity index is 1.34. The molecule has 1 amide bonds. The van der Waals surface area contributed by atoms with Gasteiger partial charge in [-0.25, -0.2) is 9.97 Å². The maximum atomic E-state index is 12.3. The van der Waals surface area contributed by atoms with Crippen LogP contribution in [0.4, 0.5) is 11.4 Å². The highest BCUT2D eigenvalue weighted by molar-refractivity contribution is 5.96. The van der Waals surface area contributed by atoms with Gasteiger partial charge in [0.05, 0.1) is 5.69 Å². The summed E-state index contributed by atoms with van der Waals surface area (Å²) >= 11 is 0. The van der Waals surface area contributed by atoms with E-state index in [0.717, 1.165) is 39.0 Å². The highest BCUT2D eigenvalue weighted by atomic mass is 16.4. The van der Waals surface area contributed by atoms with Crippen molar-refractivity contribution in [1.29, 1.82) is 0 Å². The van der Waals surface area contributed by atoms with Gasteiger partial charge >= 0.3 is 5.97 Å². The van der Waals surface area contributed by atoms with Crippen LogP contribution in [0.3, 0.4) is 0 Å². The van der Waals surface area contributed by atoms with Crippen molar-refractivity contribution >= 4 is 23.3 Å². The summed E-state index contributed by atoms with van der Waals surface area (Å²) in [4.78, 5) is 36.5. The zero-order valence-corrected chi connectivity index (χ0v) is 19.7. The molecule has 0 spiro atoms. The van der Waals surface area contributed by atoms with Gasteiger partial charge in [0.2, 0.25) is 0 Å². The number of benzene rings is 1. The van der Waals surface area contributed by atoms with Gasteiger partial charge in [-0.1, -0.05) is 0 Å². The Morgan fingerprint density at radius 3 is 2.15 bits per heavy atom. The fourth-order valence-electron chi connectivity index (χ4n) is 4.79. The van der Waals surface area contributed by atoms with Crippen molar-refractivity contribution < 1.29 is 19.8 Å². The zero-order valence-electron chi connectivity index (χ0n) is 19.7. The SMILES string of the molecule is Cc1nc(CC2CCN(c3ccc(N4CCCCC4)cc3)CC2)nc(C(=O)NCC(=O)O)c1O. The first-order valence-corrected chi connectivity index (χ1v) is 12.1. The lowest BCUT2D eigenvalue weighted by Gasteiger charge is -2.34. The Hall–Kier alpha value is -3.36. The number of carbonyl (C=O) groups is 2. The molecular weight excluding hydrogens is 434 g/mol. The van der Waals surface area contributed by atoms with Crippen molar-refractivity contribution in [2.24, 2.45) is 5.92 Å². The number of hydrogen-bond donors (Lipinski definition) is 3. The average Bonchev–Trinajstić information content (AvgIpc) is 2.86. The number of hydrogen-bond acceptors (Lipinski definition) is 7. The molecule has 0 unspecified atom stereocenters. The number of aryl methyl sites for hydroxylation is 1. The summed E-state index contributed by atoms with van der Waals surface area (Å²) in [5, 5.41) is 21.2. The molecule has 0 bridgehead atoms. The van der Waals surface area contributed by atoms with Gasteiger partial charge in [0.1, 0.15) is 12.4 Å². The number of carboxylic acid groups (broad SMARTS) is 1. The van der Waals surface area contributed by atoms with Gasteiger partial charge < -0.3 is 25.3 Å². The van der Waals surface area contributed by atoms with Crippen molar-refractivity contribution in [3.63, 3.8) is 0 Å². The summed E-state index contributed by atoms with van der Waals surface area (Å²) < 4.78 is 0. The minimum atomic E-state index is -1.16. The number of amides is 1. The summed E-state index contributed by atoms with van der Waals surface area (Å²) in [5.74, 6) is -1.31. The number of rotatable bonds is 7. The lowest BCUT2D eigenvalue weighted by atomic mass is 9.92. The van der Waals surface area contributed by atoms with Crippen LogP contribution in [0, 0.1) is 12.8 Å².